The van der Waals surface area contributed by atoms with Gasteiger partial charge in [0.05, 0.1) is 34.8 Å². The highest BCUT2D eigenvalue weighted by atomic mass is 32.2. The molecular formula is C28H24N4O7S2. The Morgan fingerprint density at radius 1 is 1.02 bits per heavy atom. The minimum Gasteiger partial charge on any atom is -0.478 e. The highest BCUT2D eigenvalue weighted by Gasteiger charge is 2.42. The van der Waals surface area contributed by atoms with Crippen LogP contribution in [0.25, 0.3) is 11.3 Å². The topological polar surface area (TPSA) is 162 Å². The third-order valence-electron chi connectivity index (χ3n) is 6.51. The van der Waals surface area contributed by atoms with Crippen molar-refractivity contribution < 1.29 is 32.6 Å². The summed E-state index contributed by atoms with van der Waals surface area (Å²) >= 11 is 5.74. The average molecular weight is 593 g/mol. The molecule has 210 valence electrons. The molecule has 0 aliphatic carbocycles. The van der Waals surface area contributed by atoms with Crippen molar-refractivity contribution in [2.75, 3.05) is 15.9 Å². The molecule has 2 atom stereocenters. The number of rotatable bonds is 8. The summed E-state index contributed by atoms with van der Waals surface area (Å²) < 4.78 is 32.3. The van der Waals surface area contributed by atoms with E-state index in [9.17, 15) is 28.2 Å². The van der Waals surface area contributed by atoms with Gasteiger partial charge in [-0.1, -0.05) is 6.07 Å². The van der Waals surface area contributed by atoms with Crippen LogP contribution in [-0.4, -0.2) is 46.9 Å². The number of carbonyl (C=O) groups is 2. The zero-order valence-corrected chi connectivity index (χ0v) is 23.4. The molecule has 1 aliphatic rings. The highest BCUT2D eigenvalue weighted by Crippen LogP contribution is 2.43. The van der Waals surface area contributed by atoms with Crippen molar-refractivity contribution in [2.24, 2.45) is 0 Å². The van der Waals surface area contributed by atoms with E-state index in [2.05, 4.69) is 15.0 Å². The van der Waals surface area contributed by atoms with E-state index in [1.54, 1.807) is 49.5 Å². The van der Waals surface area contributed by atoms with Crippen molar-refractivity contribution in [3.8, 4) is 11.3 Å². The van der Waals surface area contributed by atoms with E-state index < -0.39 is 34.0 Å². The van der Waals surface area contributed by atoms with Crippen molar-refractivity contribution in [2.45, 2.75) is 19.0 Å². The smallest absolute Gasteiger partial charge is 0.335 e. The second-order valence-corrected chi connectivity index (χ2v) is 11.6. The largest absolute Gasteiger partial charge is 0.478 e. The summed E-state index contributed by atoms with van der Waals surface area (Å²) in [5.74, 6) is -1.81. The number of anilines is 2. The number of aromatic nitrogens is 1. The van der Waals surface area contributed by atoms with Gasteiger partial charge in [0.15, 0.2) is 5.11 Å². The molecular weight excluding hydrogens is 568 g/mol. The summed E-state index contributed by atoms with van der Waals surface area (Å²) in [5, 5.41) is 22.7. The summed E-state index contributed by atoms with van der Waals surface area (Å²) in [7, 11) is -3.48. The lowest BCUT2D eigenvalue weighted by Gasteiger charge is -2.26. The number of hydrogen-bond acceptors (Lipinski definition) is 7. The number of carboxylic acids is 2. The fourth-order valence-corrected chi connectivity index (χ4v) is 5.69. The minimum atomic E-state index is -3.48. The van der Waals surface area contributed by atoms with Gasteiger partial charge in [0.2, 0.25) is 10.0 Å². The fraction of sp³-hybridized carbons (Fsp3) is 0.143. The SMILES string of the molecule is Cc1cc(N2C(=S)N[C@H](c3ccccn3)[C@H]2c2ccc(-c3cc(C(=O)O)cc(C(=O)O)c3)o2)ccc1NS(C)(=O)=O. The van der Waals surface area contributed by atoms with Crippen LogP contribution in [0.15, 0.2) is 77.3 Å². The number of benzene rings is 2. The van der Waals surface area contributed by atoms with E-state index in [1.807, 2.05) is 17.0 Å². The minimum absolute atomic E-state index is 0.187. The van der Waals surface area contributed by atoms with Gasteiger partial charge < -0.3 is 24.8 Å². The Hall–Kier alpha value is -4.75. The Morgan fingerprint density at radius 3 is 2.32 bits per heavy atom. The van der Waals surface area contributed by atoms with E-state index >= 15 is 0 Å². The maximum absolute atomic E-state index is 11.8. The van der Waals surface area contributed by atoms with E-state index in [0.29, 0.717) is 33.5 Å². The normalized spacial score (nSPS) is 16.8. The Kier molecular flexibility index (Phi) is 7.24. The van der Waals surface area contributed by atoms with Crippen LogP contribution < -0.4 is 14.9 Å². The van der Waals surface area contributed by atoms with Gasteiger partial charge in [0.1, 0.15) is 17.6 Å². The molecule has 0 radical (unpaired) electrons. The molecule has 0 amide bonds. The number of thiocarbonyl (C=S) groups is 1. The molecule has 1 fully saturated rings. The Balaban J connectivity index is 1.60. The van der Waals surface area contributed by atoms with Crippen LogP contribution in [0.3, 0.4) is 0 Å². The summed E-state index contributed by atoms with van der Waals surface area (Å²) in [6.45, 7) is 1.77. The number of sulfonamides is 1. The first-order valence-electron chi connectivity index (χ1n) is 12.2. The van der Waals surface area contributed by atoms with Crippen molar-refractivity contribution in [3.05, 3.63) is 101 Å². The van der Waals surface area contributed by atoms with Gasteiger partial charge in [-0.15, -0.1) is 0 Å². The molecule has 2 aromatic carbocycles. The highest BCUT2D eigenvalue weighted by molar-refractivity contribution is 7.92. The third-order valence-corrected chi connectivity index (χ3v) is 7.42. The van der Waals surface area contributed by atoms with Gasteiger partial charge >= 0.3 is 11.9 Å². The van der Waals surface area contributed by atoms with Crippen molar-refractivity contribution in [1.29, 1.82) is 0 Å². The molecule has 11 nitrogen and oxygen atoms in total. The zero-order chi connectivity index (χ0) is 29.5. The second-order valence-electron chi connectivity index (χ2n) is 9.48. The van der Waals surface area contributed by atoms with E-state index in [-0.39, 0.29) is 22.5 Å². The lowest BCUT2D eigenvalue weighted by atomic mass is 10.0. The van der Waals surface area contributed by atoms with Gasteiger partial charge in [-0.25, -0.2) is 18.0 Å². The van der Waals surface area contributed by atoms with E-state index in [1.165, 1.54) is 12.1 Å². The summed E-state index contributed by atoms with van der Waals surface area (Å²) in [5.41, 5.74) is 2.37. The Bertz CT molecular complexity index is 1760. The van der Waals surface area contributed by atoms with Crippen LogP contribution in [0.5, 0.6) is 0 Å². The number of nitrogens with zero attached hydrogens (tertiary/aromatic N) is 2. The van der Waals surface area contributed by atoms with Gasteiger partial charge in [-0.05, 0) is 85.4 Å². The maximum atomic E-state index is 11.8. The monoisotopic (exact) mass is 592 g/mol. The zero-order valence-electron chi connectivity index (χ0n) is 21.7. The van der Waals surface area contributed by atoms with Gasteiger partial charge in [-0.3, -0.25) is 9.71 Å². The van der Waals surface area contributed by atoms with Gasteiger partial charge in [0.25, 0.3) is 0 Å². The lowest BCUT2D eigenvalue weighted by Crippen LogP contribution is -2.29. The molecule has 3 heterocycles. The molecule has 1 aliphatic heterocycles. The van der Waals surface area contributed by atoms with Crippen molar-refractivity contribution in [1.82, 2.24) is 10.3 Å². The maximum Gasteiger partial charge on any atom is 0.335 e. The summed E-state index contributed by atoms with van der Waals surface area (Å²) in [6, 6.07) is 16.8. The predicted molar refractivity (Wildman–Crippen MR) is 156 cm³/mol. The molecule has 5 rings (SSSR count). The van der Waals surface area contributed by atoms with Crippen LogP contribution in [0.4, 0.5) is 11.4 Å². The molecule has 4 aromatic rings. The van der Waals surface area contributed by atoms with Gasteiger partial charge in [0, 0.05) is 17.4 Å². The number of pyridine rings is 1. The number of nitrogens with one attached hydrogen (secondary N) is 2. The number of carboxylic acid groups (broad SMARTS) is 2. The molecule has 0 spiro atoms. The molecule has 4 N–H and O–H groups in total. The third kappa shape index (κ3) is 5.76. The Morgan fingerprint density at radius 2 is 1.73 bits per heavy atom. The fourth-order valence-electron chi connectivity index (χ4n) is 4.72. The van der Waals surface area contributed by atoms with Gasteiger partial charge in [-0.2, -0.15) is 0 Å². The van der Waals surface area contributed by atoms with Crippen LogP contribution in [-0.2, 0) is 10.0 Å². The quantitative estimate of drug-likeness (QED) is 0.212. The first-order valence-corrected chi connectivity index (χ1v) is 14.5. The molecule has 0 saturated carbocycles. The number of hydrogen-bond donors (Lipinski definition) is 4. The van der Waals surface area contributed by atoms with Crippen LogP contribution in [0, 0.1) is 6.92 Å². The summed E-state index contributed by atoms with van der Waals surface area (Å²) in [4.78, 5) is 29.6. The standard InChI is InChI=1S/C28H24N4O7S2/c1-15-11-19(6-7-20(15)31-41(2,37)38)32-25(24(30-28(32)40)21-5-3-4-10-29-21)23-9-8-22(39-23)16-12-17(26(33)34)14-18(13-16)27(35)36/h3-14,24-25,31H,1-2H3,(H,30,40)(H,33,34)(H,35,36)/t24-,25-/m1/s1. The van der Waals surface area contributed by atoms with Crippen LogP contribution in [0.2, 0.25) is 0 Å². The number of aromatic carboxylic acids is 2. The van der Waals surface area contributed by atoms with Crippen LogP contribution in [0.1, 0.15) is 49.8 Å². The molecule has 1 saturated heterocycles. The van der Waals surface area contributed by atoms with Crippen molar-refractivity contribution >= 4 is 50.7 Å². The molecule has 41 heavy (non-hydrogen) atoms. The molecule has 0 unspecified atom stereocenters. The van der Waals surface area contributed by atoms with Crippen LogP contribution >= 0.6 is 12.2 Å². The first-order chi connectivity index (χ1) is 19.4. The summed E-state index contributed by atoms with van der Waals surface area (Å²) in [6.07, 6.45) is 2.74. The lowest BCUT2D eigenvalue weighted by molar-refractivity contribution is 0.0696. The predicted octanol–water partition coefficient (Wildman–Crippen LogP) is 4.60. The Labute approximate surface area is 240 Å². The first kappa shape index (κ1) is 27.8. The molecule has 2 aromatic heterocycles. The van der Waals surface area contributed by atoms with E-state index in [0.717, 1.165) is 12.3 Å². The second kappa shape index (κ2) is 10.7. The van der Waals surface area contributed by atoms with E-state index in [4.69, 9.17) is 16.6 Å². The number of furan rings is 1. The molecule has 0 bridgehead atoms. The number of aryl methyl sites for hydroxylation is 1. The molecule has 13 heteroatoms. The average Bonchev–Trinajstić information content (AvgIpc) is 3.54. The van der Waals surface area contributed by atoms with Crippen molar-refractivity contribution in [3.63, 3.8) is 0 Å².